The number of nitrogens with zero attached hydrogens (tertiary/aromatic N) is 5. The molecule has 0 unspecified atom stereocenters. The van der Waals surface area contributed by atoms with Gasteiger partial charge in [0.05, 0.1) is 15.6 Å². The third-order valence-corrected chi connectivity index (χ3v) is 5.60. The van der Waals surface area contributed by atoms with Crippen molar-refractivity contribution in [2.45, 2.75) is 6.42 Å². The number of nitrogens with one attached hydrogen (secondary N) is 1. The van der Waals surface area contributed by atoms with Crippen LogP contribution in [0.15, 0.2) is 55.4 Å². The molecular weight excluding hydrogens is 419 g/mol. The molecule has 0 fully saturated rings. The van der Waals surface area contributed by atoms with Crippen molar-refractivity contribution in [3.05, 3.63) is 81.4 Å². The second-order valence-corrected chi connectivity index (χ2v) is 7.62. The molecule has 3 heterocycles. The summed E-state index contributed by atoms with van der Waals surface area (Å²) in [7, 11) is 0. The third-order valence-electron chi connectivity index (χ3n) is 3.83. The Labute approximate surface area is 174 Å². The van der Waals surface area contributed by atoms with E-state index in [4.69, 9.17) is 23.2 Å². The fourth-order valence-corrected chi connectivity index (χ4v) is 3.69. The number of anilines is 1. The number of hydrogen-bond acceptors (Lipinski definition) is 6. The van der Waals surface area contributed by atoms with E-state index < -0.39 is 0 Å². The van der Waals surface area contributed by atoms with Crippen LogP contribution in [-0.4, -0.2) is 30.6 Å². The van der Waals surface area contributed by atoms with Crippen molar-refractivity contribution in [2.75, 3.05) is 5.32 Å². The van der Waals surface area contributed by atoms with Crippen molar-refractivity contribution < 1.29 is 4.79 Å². The maximum Gasteiger partial charge on any atom is 0.259 e. The summed E-state index contributed by atoms with van der Waals surface area (Å²) in [5.41, 5.74) is 1.32. The average Bonchev–Trinajstić information content (AvgIpc) is 3.38. The fourth-order valence-electron chi connectivity index (χ4n) is 2.47. The van der Waals surface area contributed by atoms with E-state index in [2.05, 4.69) is 25.4 Å². The Kier molecular flexibility index (Phi) is 5.34. The molecule has 0 aliphatic rings. The van der Waals surface area contributed by atoms with Crippen LogP contribution >= 0.6 is 34.5 Å². The number of benzene rings is 1. The first-order valence-electron chi connectivity index (χ1n) is 8.10. The molecule has 0 aliphatic carbocycles. The van der Waals surface area contributed by atoms with Crippen LogP contribution in [0.25, 0.3) is 5.82 Å². The molecule has 4 aromatic rings. The predicted molar refractivity (Wildman–Crippen MR) is 108 cm³/mol. The molecule has 1 aromatic carbocycles. The van der Waals surface area contributed by atoms with Gasteiger partial charge in [-0.25, -0.2) is 19.6 Å². The third kappa shape index (κ3) is 4.04. The van der Waals surface area contributed by atoms with E-state index in [0.717, 1.165) is 10.4 Å². The van der Waals surface area contributed by atoms with Crippen LogP contribution in [0.5, 0.6) is 0 Å². The smallest absolute Gasteiger partial charge is 0.259 e. The van der Waals surface area contributed by atoms with E-state index >= 15 is 0 Å². The zero-order chi connectivity index (χ0) is 19.5. The molecule has 0 aliphatic heterocycles. The largest absolute Gasteiger partial charge is 0.298 e. The first kappa shape index (κ1) is 18.5. The molecule has 0 saturated carbocycles. The van der Waals surface area contributed by atoms with Crippen molar-refractivity contribution in [3.8, 4) is 5.82 Å². The first-order valence-corrected chi connectivity index (χ1v) is 9.67. The van der Waals surface area contributed by atoms with Crippen molar-refractivity contribution in [2.24, 2.45) is 0 Å². The van der Waals surface area contributed by atoms with Crippen molar-refractivity contribution in [1.29, 1.82) is 0 Å². The quantitative estimate of drug-likeness (QED) is 0.510. The SMILES string of the molecule is O=C(Nc1ncc(Cc2cccc(Cl)c2Cl)s1)c1ccc(-n2cncn2)nc1. The zero-order valence-corrected chi connectivity index (χ0v) is 16.5. The van der Waals surface area contributed by atoms with Gasteiger partial charge in [0.1, 0.15) is 12.7 Å². The maximum absolute atomic E-state index is 12.4. The number of amides is 1. The number of hydrogen-bond donors (Lipinski definition) is 1. The maximum atomic E-state index is 12.4. The van der Waals surface area contributed by atoms with E-state index in [1.54, 1.807) is 24.4 Å². The van der Waals surface area contributed by atoms with Gasteiger partial charge in [-0.3, -0.25) is 10.1 Å². The van der Waals surface area contributed by atoms with Gasteiger partial charge in [0.25, 0.3) is 5.91 Å². The Morgan fingerprint density at radius 3 is 2.79 bits per heavy atom. The van der Waals surface area contributed by atoms with Crippen LogP contribution in [0.2, 0.25) is 10.0 Å². The van der Waals surface area contributed by atoms with Crippen molar-refractivity contribution >= 4 is 45.6 Å². The molecule has 0 radical (unpaired) electrons. The zero-order valence-electron chi connectivity index (χ0n) is 14.2. The highest BCUT2D eigenvalue weighted by Crippen LogP contribution is 2.29. The van der Waals surface area contributed by atoms with E-state index in [-0.39, 0.29) is 5.91 Å². The number of pyridine rings is 1. The summed E-state index contributed by atoms with van der Waals surface area (Å²) in [4.78, 5) is 25.7. The van der Waals surface area contributed by atoms with Crippen LogP contribution < -0.4 is 5.32 Å². The molecule has 3 aromatic heterocycles. The molecule has 10 heteroatoms. The number of rotatable bonds is 5. The normalized spacial score (nSPS) is 10.8. The Hall–Kier alpha value is -2.81. The summed E-state index contributed by atoms with van der Waals surface area (Å²) < 4.78 is 1.51. The summed E-state index contributed by atoms with van der Waals surface area (Å²) in [5, 5.41) is 8.31. The van der Waals surface area contributed by atoms with Gasteiger partial charge in [-0.1, -0.05) is 35.3 Å². The van der Waals surface area contributed by atoms with Gasteiger partial charge in [0, 0.05) is 23.7 Å². The van der Waals surface area contributed by atoms with Crippen LogP contribution in [0.4, 0.5) is 5.13 Å². The van der Waals surface area contributed by atoms with Gasteiger partial charge in [0.15, 0.2) is 10.9 Å². The lowest BCUT2D eigenvalue weighted by molar-refractivity contribution is 0.102. The summed E-state index contributed by atoms with van der Waals surface area (Å²) in [6.45, 7) is 0. The number of carbonyl (C=O) groups excluding carboxylic acids is 1. The molecule has 0 saturated heterocycles. The monoisotopic (exact) mass is 430 g/mol. The molecule has 1 amide bonds. The lowest BCUT2D eigenvalue weighted by Crippen LogP contribution is -2.12. The molecule has 0 spiro atoms. The van der Waals surface area contributed by atoms with Gasteiger partial charge in [-0.2, -0.15) is 5.10 Å². The average molecular weight is 431 g/mol. The van der Waals surface area contributed by atoms with E-state index in [9.17, 15) is 4.79 Å². The standard InChI is InChI=1S/C18H12Cl2N6OS/c19-14-3-1-2-11(16(14)20)6-13-8-23-18(28-13)25-17(27)12-4-5-15(22-7-12)26-10-21-9-24-26/h1-5,7-10H,6H2,(H,23,25,27). The molecule has 0 bridgehead atoms. The minimum atomic E-state index is -0.292. The fraction of sp³-hybridized carbons (Fsp3) is 0.0556. The van der Waals surface area contributed by atoms with Gasteiger partial charge in [-0.05, 0) is 23.8 Å². The molecule has 4 rings (SSSR count). The van der Waals surface area contributed by atoms with Crippen LogP contribution in [0.1, 0.15) is 20.8 Å². The topological polar surface area (TPSA) is 85.6 Å². The van der Waals surface area contributed by atoms with E-state index in [1.807, 2.05) is 12.1 Å². The highest BCUT2D eigenvalue weighted by molar-refractivity contribution is 7.15. The molecule has 28 heavy (non-hydrogen) atoms. The lowest BCUT2D eigenvalue weighted by Gasteiger charge is -2.04. The summed E-state index contributed by atoms with van der Waals surface area (Å²) in [5.74, 6) is 0.281. The van der Waals surface area contributed by atoms with E-state index in [0.29, 0.717) is 33.0 Å². The van der Waals surface area contributed by atoms with E-state index in [1.165, 1.54) is 34.9 Å². The van der Waals surface area contributed by atoms with Crippen LogP contribution in [0, 0.1) is 0 Å². The van der Waals surface area contributed by atoms with Crippen LogP contribution in [0.3, 0.4) is 0 Å². The van der Waals surface area contributed by atoms with Crippen molar-refractivity contribution in [1.82, 2.24) is 24.7 Å². The van der Waals surface area contributed by atoms with Crippen molar-refractivity contribution in [3.63, 3.8) is 0 Å². The highest BCUT2D eigenvalue weighted by atomic mass is 35.5. The van der Waals surface area contributed by atoms with Gasteiger partial charge in [0.2, 0.25) is 0 Å². The molecule has 0 atom stereocenters. The lowest BCUT2D eigenvalue weighted by atomic mass is 10.1. The van der Waals surface area contributed by atoms with Gasteiger partial charge in [-0.15, -0.1) is 11.3 Å². The molecular formula is C18H12Cl2N6OS. The summed E-state index contributed by atoms with van der Waals surface area (Å²) in [6.07, 6.45) is 6.72. The molecule has 1 N–H and O–H groups in total. The number of halogens is 2. The number of thiazole rings is 1. The molecule has 7 nitrogen and oxygen atoms in total. The van der Waals surface area contributed by atoms with Gasteiger partial charge >= 0.3 is 0 Å². The Bertz CT molecular complexity index is 1110. The van der Waals surface area contributed by atoms with Gasteiger partial charge < -0.3 is 0 Å². The summed E-state index contributed by atoms with van der Waals surface area (Å²) in [6, 6.07) is 8.86. The highest BCUT2D eigenvalue weighted by Gasteiger charge is 2.12. The summed E-state index contributed by atoms with van der Waals surface area (Å²) >= 11 is 13.7. The second kappa shape index (κ2) is 8.05. The molecule has 140 valence electrons. The van der Waals surface area contributed by atoms with Crippen LogP contribution in [-0.2, 0) is 6.42 Å². The minimum absolute atomic E-state index is 0.292. The first-order chi connectivity index (χ1) is 13.6. The predicted octanol–water partition coefficient (Wildman–Crippen LogP) is 4.27. The number of aromatic nitrogens is 5. The Morgan fingerprint density at radius 1 is 1.14 bits per heavy atom. The second-order valence-electron chi connectivity index (χ2n) is 5.72. The Morgan fingerprint density at radius 2 is 2.04 bits per heavy atom. The number of carbonyl (C=O) groups is 1. The minimum Gasteiger partial charge on any atom is -0.298 e. The Balaban J connectivity index is 1.43.